The SMILES string of the molecule is CCc1ccc(CCNC(=NC)N2CCN(C(C)C(=O)N3CCCC3)CC2)cc1.I. The molecule has 3 rings (SSSR count). The molecular formula is C23H38IN5O. The van der Waals surface area contributed by atoms with Gasteiger partial charge >= 0.3 is 0 Å². The van der Waals surface area contributed by atoms with E-state index in [1.807, 2.05) is 11.9 Å². The van der Waals surface area contributed by atoms with Gasteiger partial charge in [0.25, 0.3) is 0 Å². The van der Waals surface area contributed by atoms with Crippen LogP contribution >= 0.6 is 24.0 Å². The lowest BCUT2D eigenvalue weighted by molar-refractivity contribution is -0.135. The number of piperazine rings is 1. The van der Waals surface area contributed by atoms with E-state index in [1.54, 1.807) is 0 Å². The lowest BCUT2D eigenvalue weighted by Gasteiger charge is -2.39. The van der Waals surface area contributed by atoms with Crippen LogP contribution in [0.5, 0.6) is 0 Å². The fraction of sp³-hybridized carbons (Fsp3) is 0.652. The quantitative estimate of drug-likeness (QED) is 0.351. The predicted molar refractivity (Wildman–Crippen MR) is 135 cm³/mol. The molecule has 30 heavy (non-hydrogen) atoms. The first-order chi connectivity index (χ1) is 14.1. The van der Waals surface area contributed by atoms with Crippen molar-refractivity contribution in [3.05, 3.63) is 35.4 Å². The third kappa shape index (κ3) is 6.57. The molecule has 0 aliphatic carbocycles. The van der Waals surface area contributed by atoms with Gasteiger partial charge < -0.3 is 15.1 Å². The molecule has 0 saturated carbocycles. The molecule has 0 aromatic heterocycles. The number of hydrogen-bond acceptors (Lipinski definition) is 3. The van der Waals surface area contributed by atoms with E-state index in [9.17, 15) is 4.79 Å². The average molecular weight is 527 g/mol. The summed E-state index contributed by atoms with van der Waals surface area (Å²) >= 11 is 0. The molecule has 2 fully saturated rings. The van der Waals surface area contributed by atoms with Crippen LogP contribution in [0.3, 0.4) is 0 Å². The Morgan fingerprint density at radius 3 is 2.17 bits per heavy atom. The van der Waals surface area contributed by atoms with Gasteiger partial charge in [-0.3, -0.25) is 14.7 Å². The first-order valence-corrected chi connectivity index (χ1v) is 11.2. The third-order valence-corrected chi connectivity index (χ3v) is 6.28. The molecule has 1 amide bonds. The monoisotopic (exact) mass is 527 g/mol. The zero-order chi connectivity index (χ0) is 20.6. The number of amides is 1. The zero-order valence-corrected chi connectivity index (χ0v) is 21.1. The van der Waals surface area contributed by atoms with Crippen molar-refractivity contribution in [2.24, 2.45) is 4.99 Å². The molecular weight excluding hydrogens is 489 g/mol. The van der Waals surface area contributed by atoms with Crippen molar-refractivity contribution >= 4 is 35.8 Å². The fourth-order valence-electron chi connectivity index (χ4n) is 4.27. The van der Waals surface area contributed by atoms with Crippen molar-refractivity contribution in [3.8, 4) is 0 Å². The molecule has 2 aliphatic rings. The Labute approximate surface area is 199 Å². The van der Waals surface area contributed by atoms with Crippen molar-refractivity contribution in [1.82, 2.24) is 20.0 Å². The maximum Gasteiger partial charge on any atom is 0.239 e. The lowest BCUT2D eigenvalue weighted by Crippen LogP contribution is -2.57. The minimum absolute atomic E-state index is 0. The number of guanidine groups is 1. The van der Waals surface area contributed by atoms with Crippen molar-refractivity contribution in [2.45, 2.75) is 45.6 Å². The Balaban J connectivity index is 0.00000320. The number of nitrogens with one attached hydrogen (secondary N) is 1. The second kappa shape index (κ2) is 12.5. The first kappa shape index (κ1) is 24.9. The predicted octanol–water partition coefficient (Wildman–Crippen LogP) is 2.61. The topological polar surface area (TPSA) is 51.2 Å². The second-order valence-electron chi connectivity index (χ2n) is 8.13. The number of benzene rings is 1. The van der Waals surface area contributed by atoms with Crippen LogP contribution in [-0.4, -0.2) is 85.5 Å². The molecule has 1 atom stereocenters. The van der Waals surface area contributed by atoms with Crippen LogP contribution < -0.4 is 5.32 Å². The number of likely N-dealkylation sites (tertiary alicyclic amines) is 1. The van der Waals surface area contributed by atoms with E-state index in [1.165, 1.54) is 11.1 Å². The molecule has 2 aliphatic heterocycles. The van der Waals surface area contributed by atoms with Crippen molar-refractivity contribution < 1.29 is 4.79 Å². The van der Waals surface area contributed by atoms with Gasteiger partial charge in [0.15, 0.2) is 5.96 Å². The van der Waals surface area contributed by atoms with Crippen LogP contribution in [0.1, 0.15) is 37.8 Å². The summed E-state index contributed by atoms with van der Waals surface area (Å²) in [6, 6.07) is 8.86. The summed E-state index contributed by atoms with van der Waals surface area (Å²) < 4.78 is 0. The smallest absolute Gasteiger partial charge is 0.239 e. The van der Waals surface area contributed by atoms with Crippen LogP contribution in [0.4, 0.5) is 0 Å². The molecule has 0 spiro atoms. The van der Waals surface area contributed by atoms with Gasteiger partial charge in [-0.1, -0.05) is 31.2 Å². The van der Waals surface area contributed by atoms with E-state index in [0.717, 1.165) is 77.5 Å². The maximum atomic E-state index is 12.7. The Kier molecular flexibility index (Phi) is 10.4. The van der Waals surface area contributed by atoms with Gasteiger partial charge in [0.1, 0.15) is 0 Å². The van der Waals surface area contributed by atoms with Gasteiger partial charge in [-0.25, -0.2) is 0 Å². The Morgan fingerprint density at radius 2 is 1.60 bits per heavy atom. The molecule has 1 aromatic rings. The molecule has 0 radical (unpaired) electrons. The molecule has 1 N–H and O–H groups in total. The average Bonchev–Trinajstić information content (AvgIpc) is 3.31. The highest BCUT2D eigenvalue weighted by Gasteiger charge is 2.30. The molecule has 7 heteroatoms. The minimum atomic E-state index is -0.0173. The second-order valence-corrected chi connectivity index (χ2v) is 8.13. The van der Waals surface area contributed by atoms with Gasteiger partial charge in [-0.05, 0) is 43.7 Å². The summed E-state index contributed by atoms with van der Waals surface area (Å²) in [7, 11) is 1.85. The number of aryl methyl sites for hydroxylation is 1. The van der Waals surface area contributed by atoms with Crippen molar-refractivity contribution in [1.29, 1.82) is 0 Å². The molecule has 6 nitrogen and oxygen atoms in total. The highest BCUT2D eigenvalue weighted by atomic mass is 127. The van der Waals surface area contributed by atoms with Gasteiger partial charge in [-0.2, -0.15) is 0 Å². The molecule has 168 valence electrons. The number of hydrogen-bond donors (Lipinski definition) is 1. The molecule has 1 unspecified atom stereocenters. The van der Waals surface area contributed by atoms with Gasteiger partial charge in [0.05, 0.1) is 6.04 Å². The Hall–Kier alpha value is -1.35. The zero-order valence-electron chi connectivity index (χ0n) is 18.8. The van der Waals surface area contributed by atoms with Crippen LogP contribution in [0.2, 0.25) is 0 Å². The number of carbonyl (C=O) groups is 1. The van der Waals surface area contributed by atoms with E-state index in [2.05, 4.69) is 58.2 Å². The minimum Gasteiger partial charge on any atom is -0.356 e. The fourth-order valence-corrected chi connectivity index (χ4v) is 4.27. The third-order valence-electron chi connectivity index (χ3n) is 6.28. The standard InChI is InChI=1S/C23H37N5O.HI/c1-4-20-7-9-21(10-8-20)11-12-25-23(24-3)28-17-15-26(16-18-28)19(2)22(29)27-13-5-6-14-27;/h7-10,19H,4-6,11-18H2,1-3H3,(H,24,25);1H. The van der Waals surface area contributed by atoms with Crippen LogP contribution in [0, 0.1) is 0 Å². The highest BCUT2D eigenvalue weighted by molar-refractivity contribution is 14.0. The summed E-state index contributed by atoms with van der Waals surface area (Å²) in [5.74, 6) is 1.26. The number of nitrogens with zero attached hydrogens (tertiary/aromatic N) is 4. The lowest BCUT2D eigenvalue weighted by atomic mass is 10.1. The van der Waals surface area contributed by atoms with Crippen LogP contribution in [-0.2, 0) is 17.6 Å². The maximum absolute atomic E-state index is 12.7. The number of halogens is 1. The normalized spacial score (nSPS) is 18.8. The summed E-state index contributed by atoms with van der Waals surface area (Å²) in [6.07, 6.45) is 4.37. The van der Waals surface area contributed by atoms with E-state index >= 15 is 0 Å². The molecule has 2 heterocycles. The van der Waals surface area contributed by atoms with Gasteiger partial charge in [-0.15, -0.1) is 24.0 Å². The summed E-state index contributed by atoms with van der Waals surface area (Å²) in [6.45, 7) is 10.6. The molecule has 1 aromatic carbocycles. The number of aliphatic imine (C=N–C) groups is 1. The van der Waals surface area contributed by atoms with E-state index in [0.29, 0.717) is 5.91 Å². The van der Waals surface area contributed by atoms with E-state index in [-0.39, 0.29) is 30.0 Å². The van der Waals surface area contributed by atoms with E-state index < -0.39 is 0 Å². The summed E-state index contributed by atoms with van der Waals surface area (Å²) in [4.78, 5) is 23.8. The van der Waals surface area contributed by atoms with Crippen LogP contribution in [0.15, 0.2) is 29.3 Å². The largest absolute Gasteiger partial charge is 0.356 e. The van der Waals surface area contributed by atoms with Crippen molar-refractivity contribution in [3.63, 3.8) is 0 Å². The molecule has 0 bridgehead atoms. The number of carbonyl (C=O) groups excluding carboxylic acids is 1. The Morgan fingerprint density at radius 1 is 1.00 bits per heavy atom. The summed E-state index contributed by atoms with van der Waals surface area (Å²) in [5, 5.41) is 3.51. The number of rotatable bonds is 6. The van der Waals surface area contributed by atoms with Crippen LogP contribution in [0.25, 0.3) is 0 Å². The van der Waals surface area contributed by atoms with Gasteiger partial charge in [0.2, 0.25) is 5.91 Å². The molecule has 2 saturated heterocycles. The Bertz CT molecular complexity index is 679. The summed E-state index contributed by atoms with van der Waals surface area (Å²) in [5.41, 5.74) is 2.73. The van der Waals surface area contributed by atoms with Crippen molar-refractivity contribution in [2.75, 3.05) is 52.9 Å². The van der Waals surface area contributed by atoms with E-state index in [4.69, 9.17) is 0 Å². The van der Waals surface area contributed by atoms with Gasteiger partial charge in [0, 0.05) is 52.9 Å². The highest BCUT2D eigenvalue weighted by Crippen LogP contribution is 2.14. The first-order valence-electron chi connectivity index (χ1n) is 11.2.